The zero-order valence-electron chi connectivity index (χ0n) is 10.3. The highest BCUT2D eigenvalue weighted by Gasteiger charge is 2.27. The second-order valence-corrected chi connectivity index (χ2v) is 7.60. The van der Waals surface area contributed by atoms with Crippen LogP contribution in [0.5, 0.6) is 0 Å². The molecule has 0 aromatic rings. The first-order valence-electron chi connectivity index (χ1n) is 6.57. The Morgan fingerprint density at radius 1 is 1.18 bits per heavy atom. The minimum atomic E-state index is -2.78. The summed E-state index contributed by atoms with van der Waals surface area (Å²) < 4.78 is 22.6. The summed E-state index contributed by atoms with van der Waals surface area (Å²) in [7, 11) is -2.78. The van der Waals surface area contributed by atoms with Gasteiger partial charge in [-0.05, 0) is 25.2 Å². The number of aliphatic imine (C=N–C) groups is 1. The van der Waals surface area contributed by atoms with E-state index in [0.29, 0.717) is 24.0 Å². The molecule has 2 rings (SSSR count). The molecule has 1 saturated heterocycles. The van der Waals surface area contributed by atoms with E-state index < -0.39 is 9.84 Å². The molecule has 1 atom stereocenters. The van der Waals surface area contributed by atoms with E-state index in [2.05, 4.69) is 4.99 Å². The molecule has 0 radical (unpaired) electrons. The minimum Gasteiger partial charge on any atom is -0.387 e. The van der Waals surface area contributed by atoms with Crippen LogP contribution in [-0.4, -0.2) is 32.3 Å². The van der Waals surface area contributed by atoms with Gasteiger partial charge in [-0.2, -0.15) is 0 Å². The summed E-state index contributed by atoms with van der Waals surface area (Å²) in [5.74, 6) is 2.03. The summed E-state index contributed by atoms with van der Waals surface area (Å²) in [6, 6.07) is 0. The highest BCUT2D eigenvalue weighted by Crippen LogP contribution is 2.24. The van der Waals surface area contributed by atoms with Gasteiger partial charge in [0.25, 0.3) is 0 Å². The van der Waals surface area contributed by atoms with Crippen LogP contribution in [-0.2, 0) is 9.84 Å². The molecule has 0 bridgehead atoms. The van der Waals surface area contributed by atoms with Gasteiger partial charge in [-0.3, -0.25) is 4.99 Å². The Hall–Kier alpha value is -0.580. The first-order valence-corrected chi connectivity index (χ1v) is 8.39. The van der Waals surface area contributed by atoms with Gasteiger partial charge in [0.15, 0.2) is 9.84 Å². The highest BCUT2D eigenvalue weighted by atomic mass is 32.2. The molecule has 0 amide bonds. The van der Waals surface area contributed by atoms with E-state index in [-0.39, 0.29) is 5.92 Å². The molecule has 0 spiro atoms. The third-order valence-electron chi connectivity index (χ3n) is 3.88. The fourth-order valence-electron chi connectivity index (χ4n) is 2.78. The molecule has 4 nitrogen and oxygen atoms in total. The lowest BCUT2D eigenvalue weighted by Gasteiger charge is -2.21. The molecule has 1 unspecified atom stereocenters. The molecule has 98 valence electrons. The molecule has 2 aliphatic rings. The molecule has 0 aromatic carbocycles. The standard InChI is InChI=1S/C12H22N2O2S/c13-12(11-4-2-1-3-5-11)14-8-10-6-7-17(15,16)9-10/h10-11H,1-9H2,(H2,13,14). The van der Waals surface area contributed by atoms with Gasteiger partial charge in [0.2, 0.25) is 0 Å². The SMILES string of the molecule is NC(=NCC1CCS(=O)(=O)C1)C1CCCCC1. The van der Waals surface area contributed by atoms with Gasteiger partial charge in [0.1, 0.15) is 0 Å². The first-order chi connectivity index (χ1) is 8.07. The predicted molar refractivity (Wildman–Crippen MR) is 69.8 cm³/mol. The Bertz CT molecular complexity index is 383. The zero-order chi connectivity index (χ0) is 12.3. The van der Waals surface area contributed by atoms with Crippen molar-refractivity contribution in [1.82, 2.24) is 0 Å². The van der Waals surface area contributed by atoms with E-state index in [1.165, 1.54) is 19.3 Å². The molecule has 1 aliphatic heterocycles. The van der Waals surface area contributed by atoms with E-state index in [0.717, 1.165) is 25.1 Å². The van der Waals surface area contributed by atoms with Crippen LogP contribution in [0.1, 0.15) is 38.5 Å². The van der Waals surface area contributed by atoms with Crippen LogP contribution in [0.3, 0.4) is 0 Å². The maximum atomic E-state index is 11.3. The van der Waals surface area contributed by atoms with Gasteiger partial charge in [0, 0.05) is 12.5 Å². The fourth-order valence-corrected chi connectivity index (χ4v) is 4.63. The largest absolute Gasteiger partial charge is 0.387 e. The Kier molecular flexibility index (Phi) is 4.07. The summed E-state index contributed by atoms with van der Waals surface area (Å²) in [6.07, 6.45) is 6.86. The topological polar surface area (TPSA) is 72.5 Å². The molecule has 1 aliphatic carbocycles. The Morgan fingerprint density at radius 2 is 1.88 bits per heavy atom. The normalized spacial score (nSPS) is 30.6. The summed E-state index contributed by atoms with van der Waals surface area (Å²) in [5.41, 5.74) is 5.99. The van der Waals surface area contributed by atoms with Crippen molar-refractivity contribution in [3.8, 4) is 0 Å². The van der Waals surface area contributed by atoms with Crippen molar-refractivity contribution in [3.63, 3.8) is 0 Å². The number of amidine groups is 1. The Balaban J connectivity index is 1.83. The minimum absolute atomic E-state index is 0.196. The van der Waals surface area contributed by atoms with Crippen LogP contribution < -0.4 is 5.73 Å². The zero-order valence-corrected chi connectivity index (χ0v) is 11.1. The van der Waals surface area contributed by atoms with E-state index >= 15 is 0 Å². The maximum Gasteiger partial charge on any atom is 0.150 e. The van der Waals surface area contributed by atoms with Crippen LogP contribution in [0, 0.1) is 11.8 Å². The quantitative estimate of drug-likeness (QED) is 0.613. The average molecular weight is 258 g/mol. The van der Waals surface area contributed by atoms with Crippen LogP contribution in [0.25, 0.3) is 0 Å². The van der Waals surface area contributed by atoms with Crippen molar-refractivity contribution in [2.75, 3.05) is 18.1 Å². The van der Waals surface area contributed by atoms with Gasteiger partial charge in [-0.25, -0.2) is 8.42 Å². The monoisotopic (exact) mass is 258 g/mol. The fraction of sp³-hybridized carbons (Fsp3) is 0.917. The molecule has 1 heterocycles. The van der Waals surface area contributed by atoms with Gasteiger partial charge in [0.05, 0.1) is 17.3 Å². The van der Waals surface area contributed by atoms with E-state index in [4.69, 9.17) is 5.73 Å². The smallest absolute Gasteiger partial charge is 0.150 e. The highest BCUT2D eigenvalue weighted by molar-refractivity contribution is 7.91. The van der Waals surface area contributed by atoms with Crippen molar-refractivity contribution >= 4 is 15.7 Å². The molecule has 5 heteroatoms. The lowest BCUT2D eigenvalue weighted by molar-refractivity contribution is 0.435. The third-order valence-corrected chi connectivity index (χ3v) is 5.72. The summed E-state index contributed by atoms with van der Waals surface area (Å²) in [4.78, 5) is 4.43. The molecular formula is C12H22N2O2S. The van der Waals surface area contributed by atoms with Crippen molar-refractivity contribution in [1.29, 1.82) is 0 Å². The number of hydrogen-bond donors (Lipinski definition) is 1. The van der Waals surface area contributed by atoms with Gasteiger partial charge in [-0.1, -0.05) is 19.3 Å². The van der Waals surface area contributed by atoms with Crippen molar-refractivity contribution in [2.24, 2.45) is 22.6 Å². The van der Waals surface area contributed by atoms with Crippen LogP contribution >= 0.6 is 0 Å². The second kappa shape index (κ2) is 5.38. The first kappa shape index (κ1) is 12.9. The number of hydrogen-bond acceptors (Lipinski definition) is 3. The van der Waals surface area contributed by atoms with Crippen molar-refractivity contribution in [3.05, 3.63) is 0 Å². The predicted octanol–water partition coefficient (Wildman–Crippen LogP) is 1.36. The summed E-state index contributed by atoms with van der Waals surface area (Å²) >= 11 is 0. The maximum absolute atomic E-state index is 11.3. The molecular weight excluding hydrogens is 236 g/mol. The lowest BCUT2D eigenvalue weighted by atomic mass is 9.88. The lowest BCUT2D eigenvalue weighted by Crippen LogP contribution is -2.26. The van der Waals surface area contributed by atoms with E-state index in [1.807, 2.05) is 0 Å². The van der Waals surface area contributed by atoms with Crippen molar-refractivity contribution in [2.45, 2.75) is 38.5 Å². The Morgan fingerprint density at radius 3 is 2.47 bits per heavy atom. The molecule has 2 N–H and O–H groups in total. The van der Waals surface area contributed by atoms with Crippen LogP contribution in [0.2, 0.25) is 0 Å². The number of nitrogens with zero attached hydrogens (tertiary/aromatic N) is 1. The molecule has 2 fully saturated rings. The number of sulfone groups is 1. The second-order valence-electron chi connectivity index (χ2n) is 5.37. The van der Waals surface area contributed by atoms with Gasteiger partial charge in [-0.15, -0.1) is 0 Å². The van der Waals surface area contributed by atoms with E-state index in [1.54, 1.807) is 0 Å². The summed E-state index contributed by atoms with van der Waals surface area (Å²) in [5, 5.41) is 0. The third kappa shape index (κ3) is 3.69. The van der Waals surface area contributed by atoms with Gasteiger partial charge < -0.3 is 5.73 Å². The van der Waals surface area contributed by atoms with Crippen LogP contribution in [0.4, 0.5) is 0 Å². The number of nitrogens with two attached hydrogens (primary N) is 1. The van der Waals surface area contributed by atoms with Crippen LogP contribution in [0.15, 0.2) is 4.99 Å². The van der Waals surface area contributed by atoms with Gasteiger partial charge >= 0.3 is 0 Å². The Labute approximate surface area is 104 Å². The van der Waals surface area contributed by atoms with Crippen molar-refractivity contribution < 1.29 is 8.42 Å². The van der Waals surface area contributed by atoms with E-state index in [9.17, 15) is 8.42 Å². The summed E-state index contributed by atoms with van der Waals surface area (Å²) in [6.45, 7) is 0.599. The molecule has 1 saturated carbocycles. The molecule has 0 aromatic heterocycles. The number of rotatable bonds is 3. The molecule has 17 heavy (non-hydrogen) atoms. The average Bonchev–Trinajstić information content (AvgIpc) is 2.67.